The zero-order valence-corrected chi connectivity index (χ0v) is 17.9. The average Bonchev–Trinajstić information content (AvgIpc) is 3.17. The Hall–Kier alpha value is -4.20. The lowest BCUT2D eigenvalue weighted by Crippen LogP contribution is -2.33. The van der Waals surface area contributed by atoms with Crippen molar-refractivity contribution in [2.24, 2.45) is 11.5 Å². The van der Waals surface area contributed by atoms with Crippen LogP contribution in [0.1, 0.15) is 28.5 Å². The molecule has 0 unspecified atom stereocenters. The zero-order chi connectivity index (χ0) is 22.8. The van der Waals surface area contributed by atoms with Crippen LogP contribution in [0.15, 0.2) is 60.8 Å². The molecule has 0 fully saturated rings. The number of benzene rings is 2. The first-order valence-corrected chi connectivity index (χ1v) is 10.2. The first-order chi connectivity index (χ1) is 15.3. The van der Waals surface area contributed by atoms with Crippen LogP contribution in [0.3, 0.4) is 0 Å². The van der Waals surface area contributed by atoms with Gasteiger partial charge in [-0.15, -0.1) is 0 Å². The molecule has 162 valence electrons. The highest BCUT2D eigenvalue weighted by Crippen LogP contribution is 2.25. The second kappa shape index (κ2) is 8.50. The SMILES string of the molecule is Cc1ccc(Cn2ccc3cc(-c4nc(N[C@@H](C)C(N)=O)cc(C(N)=O)n4)ccc32)cc1. The van der Waals surface area contributed by atoms with Gasteiger partial charge >= 0.3 is 0 Å². The van der Waals surface area contributed by atoms with Gasteiger partial charge in [0.25, 0.3) is 5.91 Å². The van der Waals surface area contributed by atoms with Crippen LogP contribution < -0.4 is 16.8 Å². The van der Waals surface area contributed by atoms with E-state index in [2.05, 4.69) is 51.0 Å². The fourth-order valence-corrected chi connectivity index (χ4v) is 3.44. The Bertz CT molecular complexity index is 1310. The molecule has 2 aromatic heterocycles. The summed E-state index contributed by atoms with van der Waals surface area (Å²) >= 11 is 0. The van der Waals surface area contributed by atoms with Gasteiger partial charge in [0, 0.05) is 35.3 Å². The molecule has 1 atom stereocenters. The maximum Gasteiger partial charge on any atom is 0.267 e. The van der Waals surface area contributed by atoms with Crippen molar-refractivity contribution in [3.63, 3.8) is 0 Å². The molecule has 8 nitrogen and oxygen atoms in total. The van der Waals surface area contributed by atoms with Crippen LogP contribution in [-0.2, 0) is 11.3 Å². The van der Waals surface area contributed by atoms with E-state index in [9.17, 15) is 9.59 Å². The lowest BCUT2D eigenvalue weighted by atomic mass is 10.1. The molecule has 2 amide bonds. The summed E-state index contributed by atoms with van der Waals surface area (Å²) in [6, 6.07) is 17.1. The normalized spacial score (nSPS) is 11.9. The number of rotatable bonds is 7. The fourth-order valence-electron chi connectivity index (χ4n) is 3.44. The minimum absolute atomic E-state index is 0.0474. The Morgan fingerprint density at radius 1 is 1.03 bits per heavy atom. The first-order valence-electron chi connectivity index (χ1n) is 10.2. The molecule has 0 radical (unpaired) electrons. The maximum atomic E-state index is 11.8. The topological polar surface area (TPSA) is 129 Å². The third-order valence-corrected chi connectivity index (χ3v) is 5.27. The molecule has 2 heterocycles. The van der Waals surface area contributed by atoms with Gasteiger partial charge in [0.1, 0.15) is 17.6 Å². The van der Waals surface area contributed by atoms with Gasteiger partial charge in [0.15, 0.2) is 5.82 Å². The molecule has 0 saturated heterocycles. The predicted octanol–water partition coefficient (Wildman–Crippen LogP) is 2.84. The highest BCUT2D eigenvalue weighted by molar-refractivity contribution is 5.92. The van der Waals surface area contributed by atoms with Gasteiger partial charge in [-0.3, -0.25) is 9.59 Å². The van der Waals surface area contributed by atoms with Crippen LogP contribution in [0.25, 0.3) is 22.3 Å². The number of carbonyl (C=O) groups excluding carboxylic acids is 2. The van der Waals surface area contributed by atoms with Gasteiger partial charge in [-0.25, -0.2) is 9.97 Å². The number of carbonyl (C=O) groups is 2. The van der Waals surface area contributed by atoms with Gasteiger partial charge in [-0.2, -0.15) is 0 Å². The van der Waals surface area contributed by atoms with Crippen molar-refractivity contribution in [2.75, 3.05) is 5.32 Å². The van der Waals surface area contributed by atoms with Gasteiger partial charge in [-0.05, 0) is 43.7 Å². The van der Waals surface area contributed by atoms with Crippen molar-refractivity contribution in [2.45, 2.75) is 26.4 Å². The van der Waals surface area contributed by atoms with Crippen molar-refractivity contribution < 1.29 is 9.59 Å². The molecule has 0 bridgehead atoms. The Morgan fingerprint density at radius 3 is 2.47 bits per heavy atom. The van der Waals surface area contributed by atoms with Crippen molar-refractivity contribution in [1.82, 2.24) is 14.5 Å². The molecule has 0 aliphatic heterocycles. The van der Waals surface area contributed by atoms with Crippen molar-refractivity contribution in [1.29, 1.82) is 0 Å². The van der Waals surface area contributed by atoms with Crippen molar-refractivity contribution in [3.8, 4) is 11.4 Å². The number of nitrogens with one attached hydrogen (secondary N) is 1. The van der Waals surface area contributed by atoms with E-state index in [1.165, 1.54) is 17.2 Å². The Balaban J connectivity index is 1.68. The van der Waals surface area contributed by atoms with Gasteiger partial charge in [-0.1, -0.05) is 29.8 Å². The number of anilines is 1. The number of aryl methyl sites for hydroxylation is 1. The summed E-state index contributed by atoms with van der Waals surface area (Å²) in [5.41, 5.74) is 15.1. The third-order valence-electron chi connectivity index (χ3n) is 5.27. The standard InChI is InChI=1S/C24H24N6O2/c1-14-3-5-16(6-4-14)13-30-10-9-17-11-18(7-8-20(17)30)24-28-19(23(26)32)12-21(29-24)27-15(2)22(25)31/h3-12,15H,13H2,1-2H3,(H2,25,31)(H2,26,32)(H,27,28,29)/t15-/m0/s1. The summed E-state index contributed by atoms with van der Waals surface area (Å²) in [5, 5.41) is 3.90. The van der Waals surface area contributed by atoms with E-state index >= 15 is 0 Å². The van der Waals surface area contributed by atoms with E-state index < -0.39 is 17.9 Å². The van der Waals surface area contributed by atoms with E-state index in [0.29, 0.717) is 11.6 Å². The smallest absolute Gasteiger partial charge is 0.267 e. The lowest BCUT2D eigenvalue weighted by Gasteiger charge is -2.13. The predicted molar refractivity (Wildman–Crippen MR) is 124 cm³/mol. The van der Waals surface area contributed by atoms with Crippen LogP contribution in [0.5, 0.6) is 0 Å². The van der Waals surface area contributed by atoms with Crippen LogP contribution in [0, 0.1) is 6.92 Å². The van der Waals surface area contributed by atoms with Crippen LogP contribution >= 0.6 is 0 Å². The highest BCUT2D eigenvalue weighted by Gasteiger charge is 2.15. The lowest BCUT2D eigenvalue weighted by molar-refractivity contribution is -0.118. The molecule has 2 aromatic carbocycles. The molecule has 0 saturated carbocycles. The van der Waals surface area contributed by atoms with Gasteiger partial charge in [0.2, 0.25) is 5.91 Å². The number of hydrogen-bond acceptors (Lipinski definition) is 5. The summed E-state index contributed by atoms with van der Waals surface area (Å²) in [5.74, 6) is -0.600. The van der Waals surface area contributed by atoms with E-state index in [0.717, 1.165) is 23.0 Å². The molecule has 0 aliphatic rings. The number of hydrogen-bond donors (Lipinski definition) is 3. The second-order valence-electron chi connectivity index (χ2n) is 7.80. The van der Waals surface area contributed by atoms with Crippen molar-refractivity contribution in [3.05, 3.63) is 77.6 Å². The quantitative estimate of drug-likeness (QED) is 0.417. The molecule has 8 heteroatoms. The van der Waals surface area contributed by atoms with Gasteiger partial charge < -0.3 is 21.4 Å². The summed E-state index contributed by atoms with van der Waals surface area (Å²) in [4.78, 5) is 31.9. The van der Waals surface area contributed by atoms with E-state index in [1.807, 2.05) is 30.5 Å². The van der Waals surface area contributed by atoms with Crippen LogP contribution in [0.4, 0.5) is 5.82 Å². The highest BCUT2D eigenvalue weighted by atomic mass is 16.1. The fraction of sp³-hybridized carbons (Fsp3) is 0.167. The average molecular weight is 428 g/mol. The monoisotopic (exact) mass is 428 g/mol. The van der Waals surface area contributed by atoms with E-state index in [-0.39, 0.29) is 5.69 Å². The van der Waals surface area contributed by atoms with E-state index in [1.54, 1.807) is 6.92 Å². The van der Waals surface area contributed by atoms with Crippen molar-refractivity contribution >= 4 is 28.5 Å². The zero-order valence-electron chi connectivity index (χ0n) is 17.9. The maximum absolute atomic E-state index is 11.8. The summed E-state index contributed by atoms with van der Waals surface area (Å²) in [6.45, 7) is 4.44. The van der Waals surface area contributed by atoms with E-state index in [4.69, 9.17) is 11.5 Å². The molecule has 5 N–H and O–H groups in total. The summed E-state index contributed by atoms with van der Waals surface area (Å²) in [6.07, 6.45) is 2.04. The first kappa shape index (κ1) is 21.0. The van der Waals surface area contributed by atoms with Gasteiger partial charge in [0.05, 0.1) is 0 Å². The largest absolute Gasteiger partial charge is 0.368 e. The molecule has 32 heavy (non-hydrogen) atoms. The molecular weight excluding hydrogens is 404 g/mol. The molecule has 4 aromatic rings. The number of aromatic nitrogens is 3. The minimum Gasteiger partial charge on any atom is -0.368 e. The number of primary amides is 2. The second-order valence-corrected chi connectivity index (χ2v) is 7.80. The third kappa shape index (κ3) is 4.44. The molecule has 0 aliphatic carbocycles. The Kier molecular flexibility index (Phi) is 5.59. The molecular formula is C24H24N6O2. The molecule has 4 rings (SSSR count). The summed E-state index contributed by atoms with van der Waals surface area (Å²) < 4.78 is 2.17. The van der Waals surface area contributed by atoms with Crippen LogP contribution in [0.2, 0.25) is 0 Å². The van der Waals surface area contributed by atoms with Crippen LogP contribution in [-0.4, -0.2) is 32.4 Å². The number of amides is 2. The number of fused-ring (bicyclic) bond motifs is 1. The number of nitrogens with two attached hydrogens (primary N) is 2. The summed E-state index contributed by atoms with van der Waals surface area (Å²) in [7, 11) is 0. The minimum atomic E-state index is -0.686. The molecule has 0 spiro atoms. The Morgan fingerprint density at radius 2 is 1.78 bits per heavy atom. The number of nitrogens with zero attached hydrogens (tertiary/aromatic N) is 3. The Labute approximate surface area is 185 Å².